The third-order valence-corrected chi connectivity index (χ3v) is 5.90. The zero-order valence-corrected chi connectivity index (χ0v) is 19.6. The molecule has 4 aromatic rings. The molecule has 3 aromatic carbocycles. The zero-order chi connectivity index (χ0) is 23.0. The van der Waals surface area contributed by atoms with E-state index in [1.54, 1.807) is 18.2 Å². The second-order valence-corrected chi connectivity index (χ2v) is 8.51. The Morgan fingerprint density at radius 3 is 2.52 bits per heavy atom. The van der Waals surface area contributed by atoms with E-state index in [0.717, 1.165) is 48.4 Å². The van der Waals surface area contributed by atoms with Gasteiger partial charge >= 0.3 is 0 Å². The van der Waals surface area contributed by atoms with Gasteiger partial charge in [0.15, 0.2) is 0 Å². The summed E-state index contributed by atoms with van der Waals surface area (Å²) < 4.78 is 8.08. The molecule has 0 atom stereocenters. The van der Waals surface area contributed by atoms with Crippen LogP contribution in [-0.2, 0) is 13.0 Å². The second kappa shape index (κ2) is 11.2. The van der Waals surface area contributed by atoms with Crippen molar-refractivity contribution in [3.8, 4) is 5.75 Å². The van der Waals surface area contributed by atoms with Crippen LogP contribution in [0.1, 0.15) is 29.0 Å². The lowest BCUT2D eigenvalue weighted by Gasteiger charge is -2.11. The molecule has 7 heteroatoms. The number of para-hydroxylation sites is 2. The molecule has 1 amide bonds. The van der Waals surface area contributed by atoms with Crippen molar-refractivity contribution in [1.29, 1.82) is 0 Å². The number of ether oxygens (including phenoxy) is 1. The quantitative estimate of drug-likeness (QED) is 0.275. The van der Waals surface area contributed by atoms with Crippen molar-refractivity contribution in [2.24, 2.45) is 0 Å². The van der Waals surface area contributed by atoms with Crippen LogP contribution in [0, 0.1) is 0 Å². The molecule has 4 rings (SSSR count). The summed E-state index contributed by atoms with van der Waals surface area (Å²) in [7, 11) is 0. The lowest BCUT2D eigenvalue weighted by atomic mass is 10.2. The van der Waals surface area contributed by atoms with Crippen LogP contribution in [0.3, 0.4) is 0 Å². The first kappa shape index (κ1) is 23.1. The topological polar surface area (TPSA) is 56.2 Å². The normalized spacial score (nSPS) is 11.0. The molecule has 1 aromatic heterocycles. The third kappa shape index (κ3) is 6.06. The summed E-state index contributed by atoms with van der Waals surface area (Å²) in [5, 5.41) is 4.10. The van der Waals surface area contributed by atoms with Crippen molar-refractivity contribution in [2.45, 2.75) is 25.8 Å². The molecule has 0 bridgehead atoms. The van der Waals surface area contributed by atoms with Gasteiger partial charge in [-0.15, -0.1) is 0 Å². The molecule has 0 saturated carbocycles. The first-order valence-corrected chi connectivity index (χ1v) is 11.7. The molecule has 0 fully saturated rings. The maximum absolute atomic E-state index is 12.4. The Morgan fingerprint density at radius 1 is 0.939 bits per heavy atom. The minimum Gasteiger partial charge on any atom is -0.494 e. The van der Waals surface area contributed by atoms with Crippen LogP contribution in [0.2, 0.25) is 10.0 Å². The van der Waals surface area contributed by atoms with E-state index in [2.05, 4.69) is 16.0 Å². The SMILES string of the molecule is O=C(NCCCc1nc2ccccc2n1CCCOc1ccc(Cl)cc1)c1ccccc1Cl. The van der Waals surface area contributed by atoms with Gasteiger partial charge in [0.1, 0.15) is 11.6 Å². The second-order valence-electron chi connectivity index (χ2n) is 7.66. The fourth-order valence-corrected chi connectivity index (χ4v) is 4.05. The van der Waals surface area contributed by atoms with Gasteiger partial charge in [-0.2, -0.15) is 0 Å². The largest absolute Gasteiger partial charge is 0.494 e. The van der Waals surface area contributed by atoms with Crippen LogP contribution in [-0.4, -0.2) is 28.6 Å². The maximum atomic E-state index is 12.4. The summed E-state index contributed by atoms with van der Waals surface area (Å²) in [5.74, 6) is 1.66. The van der Waals surface area contributed by atoms with Crippen LogP contribution in [0.25, 0.3) is 11.0 Å². The molecule has 0 spiro atoms. The van der Waals surface area contributed by atoms with Gasteiger partial charge in [0.25, 0.3) is 5.91 Å². The van der Waals surface area contributed by atoms with Crippen LogP contribution >= 0.6 is 23.2 Å². The van der Waals surface area contributed by atoms with Crippen molar-refractivity contribution in [1.82, 2.24) is 14.9 Å². The predicted octanol–water partition coefficient (Wildman–Crippen LogP) is 6.17. The monoisotopic (exact) mass is 481 g/mol. The fourth-order valence-electron chi connectivity index (χ4n) is 3.70. The Balaban J connectivity index is 1.33. The van der Waals surface area contributed by atoms with Crippen LogP contribution in [0.15, 0.2) is 72.8 Å². The number of benzene rings is 3. The molecule has 0 aliphatic carbocycles. The summed E-state index contributed by atoms with van der Waals surface area (Å²) in [6.45, 7) is 1.95. The van der Waals surface area contributed by atoms with Gasteiger partial charge in [-0.05, 0) is 61.4 Å². The Morgan fingerprint density at radius 2 is 1.70 bits per heavy atom. The lowest BCUT2D eigenvalue weighted by molar-refractivity contribution is 0.0953. The molecule has 0 radical (unpaired) electrons. The van der Waals surface area contributed by atoms with Gasteiger partial charge in [0.2, 0.25) is 0 Å². The lowest BCUT2D eigenvalue weighted by Crippen LogP contribution is -2.25. The van der Waals surface area contributed by atoms with E-state index in [4.69, 9.17) is 32.9 Å². The predicted molar refractivity (Wildman–Crippen MR) is 133 cm³/mol. The van der Waals surface area contributed by atoms with Gasteiger partial charge in [0.05, 0.1) is 28.2 Å². The van der Waals surface area contributed by atoms with Crippen molar-refractivity contribution >= 4 is 40.1 Å². The van der Waals surface area contributed by atoms with Crippen molar-refractivity contribution in [3.05, 3.63) is 94.2 Å². The first-order valence-electron chi connectivity index (χ1n) is 11.0. The number of carbonyl (C=O) groups is 1. The molecule has 33 heavy (non-hydrogen) atoms. The Kier molecular flexibility index (Phi) is 7.87. The average Bonchev–Trinajstić information content (AvgIpc) is 3.18. The van der Waals surface area contributed by atoms with Crippen LogP contribution in [0.4, 0.5) is 0 Å². The van der Waals surface area contributed by atoms with E-state index in [1.807, 2.05) is 48.5 Å². The van der Waals surface area contributed by atoms with E-state index < -0.39 is 0 Å². The molecule has 1 N–H and O–H groups in total. The van der Waals surface area contributed by atoms with E-state index in [1.165, 1.54) is 0 Å². The standard InChI is InChI=1S/C26H25Cl2N3O2/c27-19-12-14-20(15-13-19)33-18-6-17-31-24-10-4-3-9-23(24)30-25(31)11-5-16-29-26(32)21-7-1-2-8-22(21)28/h1-4,7-10,12-15H,5-6,11,16-18H2,(H,29,32). The number of imidazole rings is 1. The van der Waals surface area contributed by atoms with Gasteiger partial charge < -0.3 is 14.6 Å². The van der Waals surface area contributed by atoms with Gasteiger partial charge in [0, 0.05) is 24.5 Å². The summed E-state index contributed by atoms with van der Waals surface area (Å²) in [5.41, 5.74) is 2.58. The highest BCUT2D eigenvalue weighted by Gasteiger charge is 2.12. The highest BCUT2D eigenvalue weighted by Crippen LogP contribution is 2.19. The number of nitrogens with zero attached hydrogens (tertiary/aromatic N) is 2. The Hall–Kier alpha value is -3.02. The van der Waals surface area contributed by atoms with Crippen molar-refractivity contribution < 1.29 is 9.53 Å². The summed E-state index contributed by atoms with van der Waals surface area (Å²) in [6.07, 6.45) is 2.38. The fraction of sp³-hybridized carbons (Fsp3) is 0.231. The minimum absolute atomic E-state index is 0.159. The van der Waals surface area contributed by atoms with Gasteiger partial charge in [-0.1, -0.05) is 47.5 Å². The highest BCUT2D eigenvalue weighted by molar-refractivity contribution is 6.33. The van der Waals surface area contributed by atoms with Crippen molar-refractivity contribution in [2.75, 3.05) is 13.2 Å². The molecule has 0 saturated heterocycles. The number of rotatable bonds is 10. The van der Waals surface area contributed by atoms with Gasteiger partial charge in [-0.3, -0.25) is 4.79 Å². The number of halogens is 2. The number of hydrogen-bond donors (Lipinski definition) is 1. The number of aromatic nitrogens is 2. The highest BCUT2D eigenvalue weighted by atomic mass is 35.5. The summed E-state index contributed by atoms with van der Waals surface area (Å²) >= 11 is 12.0. The smallest absolute Gasteiger partial charge is 0.252 e. The Bertz CT molecular complexity index is 1220. The molecule has 170 valence electrons. The van der Waals surface area contributed by atoms with E-state index >= 15 is 0 Å². The van der Waals surface area contributed by atoms with E-state index in [9.17, 15) is 4.79 Å². The molecule has 1 heterocycles. The average molecular weight is 482 g/mol. The van der Waals surface area contributed by atoms with E-state index in [0.29, 0.717) is 28.8 Å². The van der Waals surface area contributed by atoms with Crippen LogP contribution in [0.5, 0.6) is 5.75 Å². The van der Waals surface area contributed by atoms with Crippen molar-refractivity contribution in [3.63, 3.8) is 0 Å². The minimum atomic E-state index is -0.159. The zero-order valence-electron chi connectivity index (χ0n) is 18.1. The Labute approximate surface area is 203 Å². The summed E-state index contributed by atoms with van der Waals surface area (Å²) in [6, 6.07) is 22.6. The number of carbonyl (C=O) groups excluding carboxylic acids is 1. The number of hydrogen-bond acceptors (Lipinski definition) is 3. The van der Waals surface area contributed by atoms with Gasteiger partial charge in [-0.25, -0.2) is 4.98 Å². The number of aryl methyl sites for hydroxylation is 2. The maximum Gasteiger partial charge on any atom is 0.252 e. The third-order valence-electron chi connectivity index (χ3n) is 5.32. The molecule has 0 unspecified atom stereocenters. The molecule has 5 nitrogen and oxygen atoms in total. The molecule has 0 aliphatic rings. The number of fused-ring (bicyclic) bond motifs is 1. The summed E-state index contributed by atoms with van der Waals surface area (Å²) in [4.78, 5) is 17.2. The first-order chi connectivity index (χ1) is 16.1. The number of nitrogens with one attached hydrogen (secondary N) is 1. The molecular formula is C26H25Cl2N3O2. The molecular weight excluding hydrogens is 457 g/mol. The molecule has 0 aliphatic heterocycles. The van der Waals surface area contributed by atoms with Crippen LogP contribution < -0.4 is 10.1 Å². The number of amides is 1. The van der Waals surface area contributed by atoms with E-state index in [-0.39, 0.29) is 5.91 Å².